The van der Waals surface area contributed by atoms with Gasteiger partial charge >= 0.3 is 0 Å². The summed E-state index contributed by atoms with van der Waals surface area (Å²) in [6, 6.07) is 3.71. The molecule has 0 fully saturated rings. The maximum atomic E-state index is 5.62. The average Bonchev–Trinajstić information content (AvgIpc) is 2.98. The Labute approximate surface area is 107 Å². The van der Waals surface area contributed by atoms with Crippen molar-refractivity contribution in [1.82, 2.24) is 10.3 Å². The molecule has 0 saturated heterocycles. The molecule has 0 spiro atoms. The van der Waals surface area contributed by atoms with Crippen LogP contribution in [0.5, 0.6) is 0 Å². The zero-order valence-electron chi connectivity index (χ0n) is 11.0. The molecule has 0 aliphatic heterocycles. The lowest BCUT2D eigenvalue weighted by Gasteiger charge is -2.05. The van der Waals surface area contributed by atoms with Crippen LogP contribution in [0.3, 0.4) is 0 Å². The third-order valence-electron chi connectivity index (χ3n) is 2.61. The van der Waals surface area contributed by atoms with Crippen LogP contribution in [0.15, 0.2) is 33.4 Å². The molecule has 4 heteroatoms. The lowest BCUT2D eigenvalue weighted by Crippen LogP contribution is -2.21. The van der Waals surface area contributed by atoms with Gasteiger partial charge < -0.3 is 14.2 Å². The minimum Gasteiger partial charge on any atom is -0.461 e. The van der Waals surface area contributed by atoms with E-state index >= 15 is 0 Å². The van der Waals surface area contributed by atoms with Gasteiger partial charge in [-0.2, -0.15) is 0 Å². The van der Waals surface area contributed by atoms with Crippen LogP contribution in [0.1, 0.15) is 26.2 Å². The van der Waals surface area contributed by atoms with Crippen molar-refractivity contribution < 1.29 is 8.83 Å². The van der Waals surface area contributed by atoms with Gasteiger partial charge in [-0.15, -0.1) is 0 Å². The van der Waals surface area contributed by atoms with Crippen LogP contribution in [-0.4, -0.2) is 18.1 Å². The maximum Gasteiger partial charge on any atom is 0.195 e. The zero-order chi connectivity index (χ0) is 12.8. The molecule has 2 aromatic heterocycles. The Balaban J connectivity index is 1.74. The van der Waals surface area contributed by atoms with Gasteiger partial charge in [0.15, 0.2) is 17.4 Å². The molecule has 0 amide bonds. The van der Waals surface area contributed by atoms with Crippen molar-refractivity contribution in [1.29, 1.82) is 0 Å². The second-order valence-electron chi connectivity index (χ2n) is 4.80. The van der Waals surface area contributed by atoms with Gasteiger partial charge in [0.1, 0.15) is 0 Å². The molecule has 2 rings (SSSR count). The largest absolute Gasteiger partial charge is 0.461 e. The van der Waals surface area contributed by atoms with E-state index in [2.05, 4.69) is 24.1 Å². The fraction of sp³-hybridized carbons (Fsp3) is 0.500. The highest BCUT2D eigenvalue weighted by atomic mass is 16.4. The number of hydrogen-bond donors (Lipinski definition) is 1. The van der Waals surface area contributed by atoms with Gasteiger partial charge in [-0.05, 0) is 37.6 Å². The highest BCUT2D eigenvalue weighted by Gasteiger charge is 2.07. The molecule has 0 saturated carbocycles. The summed E-state index contributed by atoms with van der Waals surface area (Å²) in [4.78, 5) is 4.25. The smallest absolute Gasteiger partial charge is 0.195 e. The average molecular weight is 248 g/mol. The van der Waals surface area contributed by atoms with Crippen molar-refractivity contribution in [3.63, 3.8) is 0 Å². The van der Waals surface area contributed by atoms with Gasteiger partial charge in [0.2, 0.25) is 0 Å². The van der Waals surface area contributed by atoms with Crippen LogP contribution in [0.2, 0.25) is 0 Å². The lowest BCUT2D eigenvalue weighted by molar-refractivity contribution is 0.468. The number of aromatic nitrogens is 1. The Morgan fingerprint density at radius 1 is 1.33 bits per heavy atom. The predicted molar refractivity (Wildman–Crippen MR) is 70.2 cm³/mol. The van der Waals surface area contributed by atoms with Gasteiger partial charge in [-0.3, -0.25) is 0 Å². The van der Waals surface area contributed by atoms with Crippen molar-refractivity contribution in [3.05, 3.63) is 30.5 Å². The minimum absolute atomic E-state index is 0.692. The first-order chi connectivity index (χ1) is 8.75. The topological polar surface area (TPSA) is 51.2 Å². The number of rotatable bonds is 7. The van der Waals surface area contributed by atoms with Crippen LogP contribution in [0, 0.1) is 5.92 Å². The molecule has 4 nitrogen and oxygen atoms in total. The Bertz CT molecular complexity index is 446. The molecule has 18 heavy (non-hydrogen) atoms. The summed E-state index contributed by atoms with van der Waals surface area (Å²) in [5, 5.41) is 3.40. The Hall–Kier alpha value is -1.55. The number of aryl methyl sites for hydroxylation is 1. The van der Waals surface area contributed by atoms with E-state index in [0.29, 0.717) is 11.7 Å². The van der Waals surface area contributed by atoms with E-state index in [9.17, 15) is 0 Å². The first-order valence-corrected chi connectivity index (χ1v) is 6.45. The van der Waals surface area contributed by atoms with Crippen LogP contribution in [0.25, 0.3) is 11.5 Å². The molecular weight excluding hydrogens is 228 g/mol. The molecule has 0 aliphatic carbocycles. The van der Waals surface area contributed by atoms with Crippen molar-refractivity contribution in [2.75, 3.05) is 13.1 Å². The normalized spacial score (nSPS) is 11.3. The fourth-order valence-electron chi connectivity index (χ4n) is 1.71. The number of nitrogens with zero attached hydrogens (tertiary/aromatic N) is 1. The standard InChI is InChI=1S/C14H20N2O2/c1-11(2)9-15-7-3-6-14-16-10-13(18-14)12-5-4-8-17-12/h4-5,8,10-11,15H,3,6-7,9H2,1-2H3. The summed E-state index contributed by atoms with van der Waals surface area (Å²) in [5.74, 6) is 2.89. The summed E-state index contributed by atoms with van der Waals surface area (Å²) < 4.78 is 10.9. The number of hydrogen-bond acceptors (Lipinski definition) is 4. The lowest BCUT2D eigenvalue weighted by atomic mass is 10.2. The molecule has 2 heterocycles. The third-order valence-corrected chi connectivity index (χ3v) is 2.61. The maximum absolute atomic E-state index is 5.62. The van der Waals surface area contributed by atoms with Gasteiger partial charge in [-0.25, -0.2) is 4.98 Å². The fourth-order valence-corrected chi connectivity index (χ4v) is 1.71. The Morgan fingerprint density at radius 3 is 2.94 bits per heavy atom. The first kappa shape index (κ1) is 12.9. The number of nitrogens with one attached hydrogen (secondary N) is 1. The highest BCUT2D eigenvalue weighted by Crippen LogP contribution is 2.20. The molecule has 0 radical (unpaired) electrons. The molecule has 0 aliphatic rings. The van der Waals surface area contributed by atoms with Crippen molar-refractivity contribution >= 4 is 0 Å². The quantitative estimate of drug-likeness (QED) is 0.765. The number of oxazole rings is 1. The van der Waals surface area contributed by atoms with Crippen molar-refractivity contribution in [3.8, 4) is 11.5 Å². The van der Waals surface area contributed by atoms with Gasteiger partial charge in [0, 0.05) is 6.42 Å². The summed E-state index contributed by atoms with van der Waals surface area (Å²) in [6.07, 6.45) is 5.24. The first-order valence-electron chi connectivity index (χ1n) is 6.45. The van der Waals surface area contributed by atoms with E-state index in [1.165, 1.54) is 0 Å². The highest BCUT2D eigenvalue weighted by molar-refractivity contribution is 5.47. The van der Waals surface area contributed by atoms with Crippen molar-refractivity contribution in [2.24, 2.45) is 5.92 Å². The SMILES string of the molecule is CC(C)CNCCCc1ncc(-c2ccco2)o1. The monoisotopic (exact) mass is 248 g/mol. The van der Waals surface area contributed by atoms with E-state index in [1.807, 2.05) is 12.1 Å². The van der Waals surface area contributed by atoms with E-state index < -0.39 is 0 Å². The second-order valence-corrected chi connectivity index (χ2v) is 4.80. The van der Waals surface area contributed by atoms with E-state index in [-0.39, 0.29) is 0 Å². The molecule has 98 valence electrons. The Morgan fingerprint density at radius 2 is 2.22 bits per heavy atom. The Kier molecular flexibility index (Phi) is 4.59. The van der Waals surface area contributed by atoms with Crippen LogP contribution in [0.4, 0.5) is 0 Å². The molecule has 1 N–H and O–H groups in total. The molecule has 0 atom stereocenters. The van der Waals surface area contributed by atoms with Gasteiger partial charge in [-0.1, -0.05) is 13.8 Å². The van der Waals surface area contributed by atoms with Crippen LogP contribution >= 0.6 is 0 Å². The molecule has 0 aromatic carbocycles. The predicted octanol–water partition coefficient (Wildman–Crippen LogP) is 3.11. The second kappa shape index (κ2) is 6.40. The molecule has 0 unspecified atom stereocenters. The minimum atomic E-state index is 0.692. The van der Waals surface area contributed by atoms with Crippen LogP contribution in [-0.2, 0) is 6.42 Å². The molecule has 2 aromatic rings. The zero-order valence-corrected chi connectivity index (χ0v) is 11.0. The van der Waals surface area contributed by atoms with E-state index in [4.69, 9.17) is 8.83 Å². The summed E-state index contributed by atoms with van der Waals surface area (Å²) in [7, 11) is 0. The number of furan rings is 1. The molecular formula is C14H20N2O2. The van der Waals surface area contributed by atoms with E-state index in [0.717, 1.165) is 37.6 Å². The molecule has 0 bridgehead atoms. The summed E-state index contributed by atoms with van der Waals surface area (Å²) >= 11 is 0. The van der Waals surface area contributed by atoms with Crippen molar-refractivity contribution in [2.45, 2.75) is 26.7 Å². The summed E-state index contributed by atoms with van der Waals surface area (Å²) in [6.45, 7) is 6.47. The van der Waals surface area contributed by atoms with Gasteiger partial charge in [0.25, 0.3) is 0 Å². The van der Waals surface area contributed by atoms with Crippen LogP contribution < -0.4 is 5.32 Å². The summed E-state index contributed by atoms with van der Waals surface area (Å²) in [5.41, 5.74) is 0. The third kappa shape index (κ3) is 3.74. The van der Waals surface area contributed by atoms with E-state index in [1.54, 1.807) is 12.5 Å². The van der Waals surface area contributed by atoms with Gasteiger partial charge in [0.05, 0.1) is 12.5 Å².